The van der Waals surface area contributed by atoms with Gasteiger partial charge in [-0.3, -0.25) is 24.4 Å². The van der Waals surface area contributed by atoms with E-state index in [0.717, 1.165) is 55.1 Å². The number of carbonyl (C=O) groups is 2. The van der Waals surface area contributed by atoms with Gasteiger partial charge in [-0.1, -0.05) is 17.7 Å². The Morgan fingerprint density at radius 1 is 0.933 bits per heavy atom. The fourth-order valence-electron chi connectivity index (χ4n) is 3.85. The number of hydrogen-bond acceptors (Lipinski definition) is 5. The first-order valence-electron chi connectivity index (χ1n) is 10.4. The first kappa shape index (κ1) is 21.9. The minimum Gasteiger partial charge on any atom is -0.346 e. The Morgan fingerprint density at radius 3 is 2.17 bits per heavy atom. The second kappa shape index (κ2) is 10.3. The first-order valence-corrected chi connectivity index (χ1v) is 10.4. The zero-order valence-electron chi connectivity index (χ0n) is 18.1. The van der Waals surface area contributed by atoms with E-state index in [1.54, 1.807) is 0 Å². The minimum absolute atomic E-state index is 0.0202. The van der Waals surface area contributed by atoms with Crippen LogP contribution in [0.4, 0.5) is 5.69 Å². The number of amides is 2. The molecule has 0 saturated carbocycles. The van der Waals surface area contributed by atoms with Crippen molar-refractivity contribution in [2.24, 2.45) is 0 Å². The summed E-state index contributed by atoms with van der Waals surface area (Å²) >= 11 is 0. The van der Waals surface area contributed by atoms with Gasteiger partial charge in [0.15, 0.2) is 0 Å². The maximum atomic E-state index is 12.3. The Balaban J connectivity index is 1.37. The Hall–Kier alpha value is -2.77. The maximum Gasteiger partial charge on any atom is 0.243 e. The molecule has 0 atom stereocenters. The lowest BCUT2D eigenvalue weighted by Gasteiger charge is -2.34. The summed E-state index contributed by atoms with van der Waals surface area (Å²) in [5.74, 6) is -0.328. The molecule has 2 amide bonds. The molecular formula is C23H31N5O2. The molecule has 1 aromatic heterocycles. The van der Waals surface area contributed by atoms with Crippen molar-refractivity contribution in [1.29, 1.82) is 0 Å². The van der Waals surface area contributed by atoms with Gasteiger partial charge in [0, 0.05) is 50.8 Å². The number of nitrogens with one attached hydrogen (secondary N) is 2. The van der Waals surface area contributed by atoms with Crippen LogP contribution >= 0.6 is 0 Å². The molecule has 1 aliphatic rings. The van der Waals surface area contributed by atoms with Crippen molar-refractivity contribution < 1.29 is 9.59 Å². The molecule has 0 spiro atoms. The van der Waals surface area contributed by atoms with E-state index in [4.69, 9.17) is 0 Å². The van der Waals surface area contributed by atoms with Crippen molar-refractivity contribution in [3.05, 3.63) is 58.9 Å². The molecule has 1 fully saturated rings. The normalized spacial score (nSPS) is 15.0. The lowest BCUT2D eigenvalue weighted by molar-refractivity contribution is -0.125. The van der Waals surface area contributed by atoms with Gasteiger partial charge in [0.05, 0.1) is 13.1 Å². The summed E-state index contributed by atoms with van der Waals surface area (Å²) in [7, 11) is 0. The Labute approximate surface area is 178 Å². The highest BCUT2D eigenvalue weighted by Gasteiger charge is 2.19. The van der Waals surface area contributed by atoms with Crippen molar-refractivity contribution in [2.45, 2.75) is 27.3 Å². The van der Waals surface area contributed by atoms with Crippen LogP contribution in [-0.4, -0.2) is 65.9 Å². The van der Waals surface area contributed by atoms with Crippen LogP contribution < -0.4 is 10.6 Å². The highest BCUT2D eigenvalue weighted by molar-refractivity contribution is 5.96. The molecule has 1 aliphatic heterocycles. The van der Waals surface area contributed by atoms with Crippen LogP contribution in [-0.2, 0) is 16.1 Å². The molecule has 2 N–H and O–H groups in total. The van der Waals surface area contributed by atoms with E-state index in [2.05, 4.69) is 25.4 Å². The van der Waals surface area contributed by atoms with E-state index in [1.165, 1.54) is 5.56 Å². The second-order valence-electron chi connectivity index (χ2n) is 8.01. The van der Waals surface area contributed by atoms with Crippen molar-refractivity contribution in [1.82, 2.24) is 20.1 Å². The molecule has 0 bridgehead atoms. The summed E-state index contributed by atoms with van der Waals surface area (Å²) in [6.07, 6.45) is 3.63. The average Bonchev–Trinajstić information content (AvgIpc) is 2.71. The standard InChI is InChI=1S/C23H31N5O2/c1-17-12-18(2)23(19(3)13-17)26-21(29)14-25-22(30)16-28-10-8-27(9-11-28)15-20-4-6-24-7-5-20/h4-7,12-13H,8-11,14-16H2,1-3H3,(H,25,30)(H,26,29). The molecule has 160 valence electrons. The number of aromatic nitrogens is 1. The molecular weight excluding hydrogens is 378 g/mol. The third-order valence-electron chi connectivity index (χ3n) is 5.38. The van der Waals surface area contributed by atoms with Crippen molar-refractivity contribution in [2.75, 3.05) is 44.6 Å². The monoisotopic (exact) mass is 409 g/mol. The lowest BCUT2D eigenvalue weighted by atomic mass is 10.1. The zero-order chi connectivity index (χ0) is 21.5. The molecule has 0 aliphatic carbocycles. The third kappa shape index (κ3) is 6.37. The van der Waals surface area contributed by atoms with Crippen molar-refractivity contribution in [3.8, 4) is 0 Å². The van der Waals surface area contributed by atoms with Crippen LogP contribution in [0, 0.1) is 20.8 Å². The molecule has 1 saturated heterocycles. The van der Waals surface area contributed by atoms with Crippen LogP contribution in [0.2, 0.25) is 0 Å². The number of rotatable bonds is 7. The number of aryl methyl sites for hydroxylation is 3. The van der Waals surface area contributed by atoms with Gasteiger partial charge in [0.2, 0.25) is 11.8 Å². The van der Waals surface area contributed by atoms with Gasteiger partial charge in [-0.2, -0.15) is 0 Å². The zero-order valence-corrected chi connectivity index (χ0v) is 18.1. The summed E-state index contributed by atoms with van der Waals surface area (Å²) < 4.78 is 0. The Kier molecular flexibility index (Phi) is 7.54. The van der Waals surface area contributed by atoms with Crippen LogP contribution in [0.15, 0.2) is 36.7 Å². The number of piperazine rings is 1. The number of nitrogens with zero attached hydrogens (tertiary/aromatic N) is 3. The summed E-state index contributed by atoms with van der Waals surface area (Å²) in [4.78, 5) is 33.1. The highest BCUT2D eigenvalue weighted by Crippen LogP contribution is 2.21. The van der Waals surface area contributed by atoms with Gasteiger partial charge >= 0.3 is 0 Å². The maximum absolute atomic E-state index is 12.3. The van der Waals surface area contributed by atoms with E-state index in [9.17, 15) is 9.59 Å². The number of anilines is 1. The van der Waals surface area contributed by atoms with Crippen LogP contribution in [0.1, 0.15) is 22.3 Å². The molecule has 2 heterocycles. The van der Waals surface area contributed by atoms with Crippen molar-refractivity contribution in [3.63, 3.8) is 0 Å². The van der Waals surface area contributed by atoms with E-state index in [1.807, 2.05) is 57.4 Å². The number of carbonyl (C=O) groups excluding carboxylic acids is 2. The van der Waals surface area contributed by atoms with Crippen molar-refractivity contribution >= 4 is 17.5 Å². The van der Waals surface area contributed by atoms with E-state index < -0.39 is 0 Å². The van der Waals surface area contributed by atoms with Gasteiger partial charge in [-0.05, 0) is 49.6 Å². The summed E-state index contributed by atoms with van der Waals surface area (Å²) in [5.41, 5.74) is 5.29. The predicted octanol–water partition coefficient (Wildman–Crippen LogP) is 1.88. The summed E-state index contributed by atoms with van der Waals surface area (Å²) in [6.45, 7) is 10.7. The van der Waals surface area contributed by atoms with Crippen LogP contribution in [0.3, 0.4) is 0 Å². The number of pyridine rings is 1. The quantitative estimate of drug-likeness (QED) is 0.730. The summed E-state index contributed by atoms with van der Waals surface area (Å²) in [6, 6.07) is 8.14. The second-order valence-corrected chi connectivity index (χ2v) is 8.01. The molecule has 0 radical (unpaired) electrons. The lowest BCUT2D eigenvalue weighted by Crippen LogP contribution is -2.49. The smallest absolute Gasteiger partial charge is 0.243 e. The fraction of sp³-hybridized carbons (Fsp3) is 0.435. The fourth-order valence-corrected chi connectivity index (χ4v) is 3.85. The topological polar surface area (TPSA) is 77.6 Å². The Bertz CT molecular complexity index is 853. The third-order valence-corrected chi connectivity index (χ3v) is 5.38. The van der Waals surface area contributed by atoms with E-state index in [0.29, 0.717) is 6.54 Å². The number of hydrogen-bond donors (Lipinski definition) is 2. The van der Waals surface area contributed by atoms with Gasteiger partial charge in [-0.25, -0.2) is 0 Å². The molecule has 2 aromatic rings. The largest absolute Gasteiger partial charge is 0.346 e. The van der Waals surface area contributed by atoms with Crippen LogP contribution in [0.25, 0.3) is 0 Å². The molecule has 7 nitrogen and oxygen atoms in total. The molecule has 7 heteroatoms. The van der Waals surface area contributed by atoms with Crippen LogP contribution in [0.5, 0.6) is 0 Å². The summed E-state index contributed by atoms with van der Waals surface area (Å²) in [5, 5.41) is 5.65. The minimum atomic E-state index is -0.208. The average molecular weight is 410 g/mol. The van der Waals surface area contributed by atoms with E-state index in [-0.39, 0.29) is 18.4 Å². The molecule has 30 heavy (non-hydrogen) atoms. The van der Waals surface area contributed by atoms with E-state index >= 15 is 0 Å². The molecule has 3 rings (SSSR count). The van der Waals surface area contributed by atoms with Gasteiger partial charge in [-0.15, -0.1) is 0 Å². The molecule has 0 unspecified atom stereocenters. The highest BCUT2D eigenvalue weighted by atomic mass is 16.2. The molecule has 1 aromatic carbocycles. The first-order chi connectivity index (χ1) is 14.4. The van der Waals surface area contributed by atoms with Gasteiger partial charge < -0.3 is 10.6 Å². The SMILES string of the molecule is Cc1cc(C)c(NC(=O)CNC(=O)CN2CCN(Cc3ccncc3)CC2)c(C)c1. The van der Waals surface area contributed by atoms with Gasteiger partial charge in [0.25, 0.3) is 0 Å². The van der Waals surface area contributed by atoms with Gasteiger partial charge in [0.1, 0.15) is 0 Å². The number of benzene rings is 1. The Morgan fingerprint density at radius 2 is 1.53 bits per heavy atom. The predicted molar refractivity (Wildman–Crippen MR) is 118 cm³/mol.